The number of aliphatic imine (C=N–C) groups is 1. The smallest absolute Gasteiger partial charge is 0.317 e. The third-order valence-electron chi connectivity index (χ3n) is 5.03. The number of amides is 2. The Morgan fingerprint density at radius 1 is 1.20 bits per heavy atom. The molecule has 6 heteroatoms. The van der Waals surface area contributed by atoms with Gasteiger partial charge < -0.3 is 5.32 Å². The van der Waals surface area contributed by atoms with Gasteiger partial charge in [-0.05, 0) is 57.0 Å². The molecule has 0 radical (unpaired) electrons. The summed E-state index contributed by atoms with van der Waals surface area (Å²) in [7, 11) is 0. The van der Waals surface area contributed by atoms with Gasteiger partial charge in [-0.3, -0.25) is 15.2 Å². The highest BCUT2D eigenvalue weighted by Crippen LogP contribution is 2.23. The third kappa shape index (κ3) is 5.01. The number of benzene rings is 1. The number of hydrogen-bond acceptors (Lipinski definition) is 3. The molecule has 0 spiro atoms. The van der Waals surface area contributed by atoms with Crippen LogP contribution in [0.3, 0.4) is 0 Å². The van der Waals surface area contributed by atoms with E-state index in [-0.39, 0.29) is 17.9 Å². The zero-order valence-electron chi connectivity index (χ0n) is 14.6. The van der Waals surface area contributed by atoms with Gasteiger partial charge in [-0.1, -0.05) is 25.3 Å². The number of carbonyl (C=O) groups is 1. The Labute approximate surface area is 148 Å². The summed E-state index contributed by atoms with van der Waals surface area (Å²) in [6, 6.07) is 6.37. The highest BCUT2D eigenvalue weighted by Gasteiger charge is 2.26. The van der Waals surface area contributed by atoms with Crippen LogP contribution in [0.2, 0.25) is 0 Å². The predicted molar refractivity (Wildman–Crippen MR) is 98.7 cm³/mol. The van der Waals surface area contributed by atoms with Crippen molar-refractivity contribution in [2.75, 3.05) is 18.0 Å². The van der Waals surface area contributed by atoms with Gasteiger partial charge in [-0.25, -0.2) is 9.18 Å². The van der Waals surface area contributed by atoms with Crippen LogP contribution in [0.1, 0.15) is 44.9 Å². The Balaban J connectivity index is 1.69. The largest absolute Gasteiger partial charge is 0.327 e. The van der Waals surface area contributed by atoms with Crippen LogP contribution in [0, 0.1) is 5.82 Å². The van der Waals surface area contributed by atoms with E-state index in [2.05, 4.69) is 15.6 Å². The Bertz CT molecular complexity index is 595. The van der Waals surface area contributed by atoms with Gasteiger partial charge in [0.05, 0.1) is 12.4 Å². The van der Waals surface area contributed by atoms with Crippen LogP contribution in [0.15, 0.2) is 29.3 Å². The molecule has 0 unspecified atom stereocenters. The number of piperidine rings is 1. The lowest BCUT2D eigenvalue weighted by molar-refractivity contribution is 0.246. The summed E-state index contributed by atoms with van der Waals surface area (Å²) in [4.78, 5) is 18.9. The fraction of sp³-hybridized carbons (Fsp3) is 0.579. The second-order valence-corrected chi connectivity index (χ2v) is 6.85. The van der Waals surface area contributed by atoms with Gasteiger partial charge >= 0.3 is 6.03 Å². The van der Waals surface area contributed by atoms with E-state index in [1.165, 1.54) is 37.7 Å². The molecule has 0 bridgehead atoms. The lowest BCUT2D eigenvalue weighted by atomic mass is 9.96. The molecule has 25 heavy (non-hydrogen) atoms. The molecule has 1 aliphatic carbocycles. The van der Waals surface area contributed by atoms with Gasteiger partial charge in [0.15, 0.2) is 0 Å². The van der Waals surface area contributed by atoms with Gasteiger partial charge in [0.1, 0.15) is 5.82 Å². The standard InChI is InChI=1S/C19H27FN4O/c20-15-5-4-8-18(13-15)24(17-9-11-21-12-10-17)19(25)23-14-22-16-6-2-1-3-7-16/h4-5,8,13-14,16-17,21H,1-3,6-7,9-12H2,(H,22,23,25). The molecule has 1 saturated heterocycles. The molecule has 136 valence electrons. The van der Waals surface area contributed by atoms with Crippen molar-refractivity contribution in [2.24, 2.45) is 4.99 Å². The van der Waals surface area contributed by atoms with E-state index in [0.717, 1.165) is 38.8 Å². The van der Waals surface area contributed by atoms with E-state index in [0.29, 0.717) is 11.7 Å². The maximum atomic E-state index is 13.7. The van der Waals surface area contributed by atoms with Crippen LogP contribution in [0.4, 0.5) is 14.9 Å². The van der Waals surface area contributed by atoms with Crippen molar-refractivity contribution in [2.45, 2.75) is 57.0 Å². The maximum Gasteiger partial charge on any atom is 0.327 e. The average molecular weight is 346 g/mol. The highest BCUT2D eigenvalue weighted by atomic mass is 19.1. The van der Waals surface area contributed by atoms with Crippen LogP contribution in [-0.4, -0.2) is 37.5 Å². The summed E-state index contributed by atoms with van der Waals surface area (Å²) in [5.74, 6) is -0.333. The van der Waals surface area contributed by atoms with Crippen LogP contribution in [0.5, 0.6) is 0 Å². The second kappa shape index (κ2) is 8.94. The van der Waals surface area contributed by atoms with E-state index in [4.69, 9.17) is 0 Å². The summed E-state index contributed by atoms with van der Waals surface area (Å²) in [6.07, 6.45) is 9.12. The number of halogens is 1. The number of rotatable bonds is 4. The molecule has 3 rings (SSSR count). The van der Waals surface area contributed by atoms with E-state index >= 15 is 0 Å². The van der Waals surface area contributed by atoms with E-state index in [1.807, 2.05) is 0 Å². The molecular formula is C19H27FN4O. The van der Waals surface area contributed by atoms with Crippen LogP contribution in [-0.2, 0) is 0 Å². The summed E-state index contributed by atoms with van der Waals surface area (Å²) in [5, 5.41) is 6.10. The minimum atomic E-state index is -0.333. The molecule has 1 saturated carbocycles. The molecular weight excluding hydrogens is 319 g/mol. The molecule has 1 aromatic carbocycles. The first kappa shape index (κ1) is 17.9. The number of urea groups is 1. The topological polar surface area (TPSA) is 56.7 Å². The van der Waals surface area contributed by atoms with Gasteiger partial charge in [-0.2, -0.15) is 0 Å². The van der Waals surface area contributed by atoms with Crippen LogP contribution < -0.4 is 15.5 Å². The minimum absolute atomic E-state index is 0.0612. The lowest BCUT2D eigenvalue weighted by Gasteiger charge is -2.34. The van der Waals surface area contributed by atoms with Crippen LogP contribution in [0.25, 0.3) is 0 Å². The average Bonchev–Trinajstić information content (AvgIpc) is 2.64. The monoisotopic (exact) mass is 346 g/mol. The first-order chi connectivity index (χ1) is 12.2. The van der Waals surface area contributed by atoms with Gasteiger partial charge in [0, 0.05) is 11.7 Å². The quantitative estimate of drug-likeness (QED) is 0.648. The fourth-order valence-corrected chi connectivity index (χ4v) is 3.68. The molecule has 2 aliphatic rings. The second-order valence-electron chi connectivity index (χ2n) is 6.85. The molecule has 2 fully saturated rings. The number of anilines is 1. The molecule has 5 nitrogen and oxygen atoms in total. The molecule has 0 aromatic heterocycles. The zero-order chi connectivity index (χ0) is 17.5. The number of carbonyl (C=O) groups excluding carboxylic acids is 1. The maximum absolute atomic E-state index is 13.7. The molecule has 2 amide bonds. The SMILES string of the molecule is O=C(NC=NC1CCCCC1)N(c1cccc(F)c1)C1CCNCC1. The summed E-state index contributed by atoms with van der Waals surface area (Å²) in [6.45, 7) is 1.72. The lowest BCUT2D eigenvalue weighted by Crippen LogP contribution is -2.50. The number of nitrogens with one attached hydrogen (secondary N) is 2. The van der Waals surface area contributed by atoms with Crippen molar-refractivity contribution in [1.29, 1.82) is 0 Å². The molecule has 2 N–H and O–H groups in total. The van der Waals surface area contributed by atoms with Crippen molar-refractivity contribution in [3.8, 4) is 0 Å². The van der Waals surface area contributed by atoms with Crippen LogP contribution >= 0.6 is 0 Å². The van der Waals surface area contributed by atoms with Crippen molar-refractivity contribution >= 4 is 18.1 Å². The minimum Gasteiger partial charge on any atom is -0.317 e. The third-order valence-corrected chi connectivity index (χ3v) is 5.03. The molecule has 1 aliphatic heterocycles. The van der Waals surface area contributed by atoms with Gasteiger partial charge in [0.25, 0.3) is 0 Å². The summed E-state index contributed by atoms with van der Waals surface area (Å²) in [5.41, 5.74) is 0.593. The predicted octanol–water partition coefficient (Wildman–Crippen LogP) is 3.45. The van der Waals surface area contributed by atoms with E-state index < -0.39 is 0 Å². The normalized spacial score (nSPS) is 19.9. The van der Waals surface area contributed by atoms with E-state index in [1.54, 1.807) is 17.0 Å². The first-order valence-electron chi connectivity index (χ1n) is 9.32. The number of nitrogens with zero attached hydrogens (tertiary/aromatic N) is 2. The number of hydrogen-bond donors (Lipinski definition) is 2. The fourth-order valence-electron chi connectivity index (χ4n) is 3.68. The van der Waals surface area contributed by atoms with Gasteiger partial charge in [-0.15, -0.1) is 0 Å². The molecule has 1 heterocycles. The highest BCUT2D eigenvalue weighted by molar-refractivity contribution is 5.98. The van der Waals surface area contributed by atoms with Crippen molar-refractivity contribution in [1.82, 2.24) is 10.6 Å². The van der Waals surface area contributed by atoms with Crippen molar-refractivity contribution < 1.29 is 9.18 Å². The Morgan fingerprint density at radius 2 is 1.96 bits per heavy atom. The molecule has 0 atom stereocenters. The Kier molecular flexibility index (Phi) is 6.39. The first-order valence-corrected chi connectivity index (χ1v) is 9.32. The Morgan fingerprint density at radius 3 is 2.68 bits per heavy atom. The Hall–Kier alpha value is -1.95. The summed E-state index contributed by atoms with van der Waals surface area (Å²) < 4.78 is 13.7. The van der Waals surface area contributed by atoms with E-state index in [9.17, 15) is 9.18 Å². The van der Waals surface area contributed by atoms with Gasteiger partial charge in [0.2, 0.25) is 0 Å². The summed E-state index contributed by atoms with van der Waals surface area (Å²) >= 11 is 0. The zero-order valence-corrected chi connectivity index (χ0v) is 14.6. The van der Waals surface area contributed by atoms with Crippen molar-refractivity contribution in [3.63, 3.8) is 0 Å². The van der Waals surface area contributed by atoms with Crippen molar-refractivity contribution in [3.05, 3.63) is 30.1 Å². The molecule has 1 aromatic rings.